The van der Waals surface area contributed by atoms with E-state index >= 15 is 0 Å². The van der Waals surface area contributed by atoms with Crippen LogP contribution in [0.1, 0.15) is 103 Å². The van der Waals surface area contributed by atoms with Crippen molar-refractivity contribution in [3.63, 3.8) is 0 Å². The summed E-state index contributed by atoms with van der Waals surface area (Å²) in [5, 5.41) is 9.90. The zero-order valence-electron chi connectivity index (χ0n) is 16.0. The summed E-state index contributed by atoms with van der Waals surface area (Å²) < 4.78 is 31.3. The third-order valence-electron chi connectivity index (χ3n) is 4.32. The molecule has 0 aromatic rings. The summed E-state index contributed by atoms with van der Waals surface area (Å²) in [6, 6.07) is 0. The summed E-state index contributed by atoms with van der Waals surface area (Å²) in [4.78, 5) is 0. The van der Waals surface area contributed by atoms with Gasteiger partial charge in [0.1, 0.15) is 0 Å². The van der Waals surface area contributed by atoms with Crippen LogP contribution >= 0.6 is 0 Å². The van der Waals surface area contributed by atoms with Crippen molar-refractivity contribution in [3.05, 3.63) is 0 Å². The maximum Gasteiger partial charge on any atom is 1.00 e. The van der Waals surface area contributed by atoms with Gasteiger partial charge in [-0.15, -0.1) is 0 Å². The summed E-state index contributed by atoms with van der Waals surface area (Å²) in [7, 11) is -4.02. The van der Waals surface area contributed by atoms with Gasteiger partial charge in [0.15, 0.2) is 0 Å². The second kappa shape index (κ2) is 18.7. The van der Waals surface area contributed by atoms with Crippen molar-refractivity contribution < 1.29 is 47.6 Å². The molecule has 6 heteroatoms. The van der Waals surface area contributed by atoms with E-state index in [0.717, 1.165) is 51.4 Å². The minimum Gasteiger partial charge on any atom is -0.748 e. The van der Waals surface area contributed by atoms with Crippen molar-refractivity contribution in [2.45, 2.75) is 109 Å². The number of hydrogen-bond acceptors (Lipinski definition) is 4. The zero-order valence-corrected chi connectivity index (χ0v) is 18.8. The summed E-state index contributed by atoms with van der Waals surface area (Å²) in [5.74, 6) is -0.219. The minimum absolute atomic E-state index is 0. The molecule has 0 rings (SSSR count). The first-order chi connectivity index (χ1) is 11.0. The standard InChI is InChI=1S/C18H38O4S.Na/c1-2-3-4-9-12-15-18(19)16-13-10-7-5-6-8-11-14-17-23(20,21)22;/h18-19H,2-17H2,1H3,(H,20,21,22);/q;+1/p-1. The van der Waals surface area contributed by atoms with Crippen LogP contribution in [0.3, 0.4) is 0 Å². The molecule has 0 heterocycles. The Balaban J connectivity index is 0. The monoisotopic (exact) mass is 372 g/mol. The van der Waals surface area contributed by atoms with Gasteiger partial charge in [0, 0.05) is 5.75 Å². The Labute approximate surface area is 172 Å². The molecular formula is C18H37NaO4S. The Morgan fingerprint density at radius 1 is 0.750 bits per heavy atom. The van der Waals surface area contributed by atoms with Crippen LogP contribution in [0.25, 0.3) is 0 Å². The van der Waals surface area contributed by atoms with Gasteiger partial charge in [0.25, 0.3) is 0 Å². The van der Waals surface area contributed by atoms with E-state index in [4.69, 9.17) is 0 Å². The fraction of sp³-hybridized carbons (Fsp3) is 1.00. The fourth-order valence-corrected chi connectivity index (χ4v) is 3.40. The smallest absolute Gasteiger partial charge is 0.748 e. The van der Waals surface area contributed by atoms with E-state index in [2.05, 4.69) is 6.92 Å². The summed E-state index contributed by atoms with van der Waals surface area (Å²) in [6.07, 6.45) is 16.1. The average molecular weight is 373 g/mol. The Kier molecular flexibility index (Phi) is 21.1. The Hall–Kier alpha value is 0.870. The number of aliphatic hydroxyl groups is 1. The van der Waals surface area contributed by atoms with Crippen molar-refractivity contribution in [1.82, 2.24) is 0 Å². The van der Waals surface area contributed by atoms with Gasteiger partial charge in [-0.3, -0.25) is 0 Å². The number of aliphatic hydroxyl groups excluding tert-OH is 1. The van der Waals surface area contributed by atoms with Gasteiger partial charge >= 0.3 is 29.6 Å². The van der Waals surface area contributed by atoms with Gasteiger partial charge in [-0.25, -0.2) is 8.42 Å². The average Bonchev–Trinajstić information content (AvgIpc) is 2.48. The molecule has 0 aromatic carbocycles. The Morgan fingerprint density at radius 3 is 1.54 bits per heavy atom. The maximum atomic E-state index is 10.4. The van der Waals surface area contributed by atoms with E-state index in [1.807, 2.05) is 0 Å². The molecule has 1 unspecified atom stereocenters. The van der Waals surface area contributed by atoms with Crippen LogP contribution in [0.15, 0.2) is 0 Å². The SMILES string of the molecule is CCCCCCCC(O)CCCCCCCCCCS(=O)(=O)[O-].[Na+]. The van der Waals surface area contributed by atoms with Gasteiger partial charge in [-0.2, -0.15) is 0 Å². The topological polar surface area (TPSA) is 77.4 Å². The molecule has 0 aromatic heterocycles. The predicted molar refractivity (Wildman–Crippen MR) is 95.5 cm³/mol. The van der Waals surface area contributed by atoms with E-state index < -0.39 is 10.1 Å². The summed E-state index contributed by atoms with van der Waals surface area (Å²) in [5.41, 5.74) is 0. The first-order valence-corrected chi connectivity index (χ1v) is 11.1. The third-order valence-corrected chi connectivity index (χ3v) is 5.11. The summed E-state index contributed by atoms with van der Waals surface area (Å²) >= 11 is 0. The molecule has 24 heavy (non-hydrogen) atoms. The van der Waals surface area contributed by atoms with E-state index in [-0.39, 0.29) is 41.4 Å². The van der Waals surface area contributed by atoms with Crippen LogP contribution in [-0.2, 0) is 10.1 Å². The van der Waals surface area contributed by atoms with Crippen LogP contribution in [-0.4, -0.2) is 29.9 Å². The number of hydrogen-bond donors (Lipinski definition) is 1. The van der Waals surface area contributed by atoms with E-state index in [1.165, 1.54) is 38.5 Å². The molecule has 1 atom stereocenters. The van der Waals surface area contributed by atoms with Crippen molar-refractivity contribution in [1.29, 1.82) is 0 Å². The molecule has 0 fully saturated rings. The van der Waals surface area contributed by atoms with Crippen molar-refractivity contribution in [2.75, 3.05) is 5.75 Å². The molecule has 0 saturated carbocycles. The van der Waals surface area contributed by atoms with Crippen LogP contribution < -0.4 is 29.6 Å². The molecule has 0 bridgehead atoms. The molecule has 1 N–H and O–H groups in total. The molecular weight excluding hydrogens is 335 g/mol. The van der Waals surface area contributed by atoms with Gasteiger partial charge in [0.2, 0.25) is 0 Å². The van der Waals surface area contributed by atoms with E-state index in [9.17, 15) is 18.1 Å². The zero-order chi connectivity index (χ0) is 17.4. The molecule has 0 saturated heterocycles. The predicted octanol–water partition coefficient (Wildman–Crippen LogP) is 1.77. The molecule has 0 aliphatic rings. The first kappa shape index (κ1) is 27.1. The number of rotatable bonds is 17. The first-order valence-electron chi connectivity index (χ1n) is 9.57. The van der Waals surface area contributed by atoms with Crippen LogP contribution in [0, 0.1) is 0 Å². The number of unbranched alkanes of at least 4 members (excludes halogenated alkanes) is 11. The third kappa shape index (κ3) is 22.9. The van der Waals surface area contributed by atoms with E-state index in [1.54, 1.807) is 0 Å². The Bertz CT molecular complexity index is 347. The second-order valence-electron chi connectivity index (χ2n) is 6.74. The fourth-order valence-electron chi connectivity index (χ4n) is 2.85. The van der Waals surface area contributed by atoms with Gasteiger partial charge in [-0.1, -0.05) is 84.0 Å². The molecule has 140 valence electrons. The molecule has 4 nitrogen and oxygen atoms in total. The second-order valence-corrected chi connectivity index (χ2v) is 8.26. The van der Waals surface area contributed by atoms with Crippen LogP contribution in [0.4, 0.5) is 0 Å². The maximum absolute atomic E-state index is 10.4. The molecule has 0 spiro atoms. The van der Waals surface area contributed by atoms with Crippen LogP contribution in [0.2, 0.25) is 0 Å². The summed E-state index contributed by atoms with van der Waals surface area (Å²) in [6.45, 7) is 2.21. The van der Waals surface area contributed by atoms with Gasteiger partial charge in [-0.05, 0) is 19.3 Å². The van der Waals surface area contributed by atoms with Crippen molar-refractivity contribution in [2.24, 2.45) is 0 Å². The van der Waals surface area contributed by atoms with E-state index in [0.29, 0.717) is 6.42 Å². The van der Waals surface area contributed by atoms with Crippen molar-refractivity contribution in [3.8, 4) is 0 Å². The Morgan fingerprint density at radius 2 is 1.12 bits per heavy atom. The molecule has 0 aliphatic carbocycles. The molecule has 0 radical (unpaired) electrons. The molecule has 0 amide bonds. The van der Waals surface area contributed by atoms with Crippen molar-refractivity contribution >= 4 is 10.1 Å². The van der Waals surface area contributed by atoms with Gasteiger partial charge < -0.3 is 9.66 Å². The normalized spacial score (nSPS) is 12.8. The van der Waals surface area contributed by atoms with Gasteiger partial charge in [0.05, 0.1) is 16.2 Å². The van der Waals surface area contributed by atoms with Crippen LogP contribution in [0.5, 0.6) is 0 Å². The largest absolute Gasteiger partial charge is 1.00 e. The quantitative estimate of drug-likeness (QED) is 0.240. The molecule has 0 aliphatic heterocycles. The minimum atomic E-state index is -4.02.